The van der Waals surface area contributed by atoms with Crippen molar-refractivity contribution >= 4 is 27.7 Å². The van der Waals surface area contributed by atoms with Crippen molar-refractivity contribution in [1.82, 2.24) is 14.9 Å². The number of hydrogen-bond donors (Lipinski definition) is 1. The summed E-state index contributed by atoms with van der Waals surface area (Å²) in [6.07, 6.45) is 4.95. The molecule has 0 saturated carbocycles. The van der Waals surface area contributed by atoms with E-state index in [0.717, 1.165) is 24.8 Å². The Balaban J connectivity index is 2.07. The van der Waals surface area contributed by atoms with Crippen molar-refractivity contribution < 1.29 is 4.79 Å². The SMILES string of the molecule is CCCCN(CC)C(=O)c1cnc2c(ccc3c(=O)c(C#N)c[nH]c32)c1. The van der Waals surface area contributed by atoms with E-state index in [9.17, 15) is 9.59 Å². The molecule has 0 atom stereocenters. The fraction of sp³-hybridized carbons (Fsp3) is 0.300. The summed E-state index contributed by atoms with van der Waals surface area (Å²) in [6.45, 7) is 5.44. The molecular weight excluding hydrogens is 328 g/mol. The van der Waals surface area contributed by atoms with Crippen molar-refractivity contribution in [3.63, 3.8) is 0 Å². The molecule has 0 radical (unpaired) electrons. The molecule has 132 valence electrons. The van der Waals surface area contributed by atoms with Gasteiger partial charge in [-0.15, -0.1) is 0 Å². The van der Waals surface area contributed by atoms with Gasteiger partial charge < -0.3 is 9.88 Å². The third-order valence-corrected chi connectivity index (χ3v) is 4.52. The van der Waals surface area contributed by atoms with Gasteiger partial charge in [-0.3, -0.25) is 14.6 Å². The van der Waals surface area contributed by atoms with Gasteiger partial charge >= 0.3 is 0 Å². The summed E-state index contributed by atoms with van der Waals surface area (Å²) in [4.78, 5) is 34.2. The average molecular weight is 348 g/mol. The predicted molar refractivity (Wildman–Crippen MR) is 101 cm³/mol. The number of nitrogens with zero attached hydrogens (tertiary/aromatic N) is 3. The van der Waals surface area contributed by atoms with Crippen LogP contribution >= 0.6 is 0 Å². The van der Waals surface area contributed by atoms with Crippen LogP contribution in [-0.4, -0.2) is 33.9 Å². The van der Waals surface area contributed by atoms with Crippen molar-refractivity contribution in [1.29, 1.82) is 5.26 Å². The Morgan fingerprint density at radius 3 is 2.85 bits per heavy atom. The predicted octanol–water partition coefficient (Wildman–Crippen LogP) is 3.21. The Morgan fingerprint density at radius 2 is 2.15 bits per heavy atom. The molecule has 1 amide bonds. The van der Waals surface area contributed by atoms with E-state index >= 15 is 0 Å². The number of hydrogen-bond acceptors (Lipinski definition) is 4. The van der Waals surface area contributed by atoms with Crippen LogP contribution in [0.25, 0.3) is 21.8 Å². The molecule has 26 heavy (non-hydrogen) atoms. The Morgan fingerprint density at radius 1 is 1.35 bits per heavy atom. The second kappa shape index (κ2) is 7.36. The Bertz CT molecular complexity index is 1080. The molecule has 0 spiro atoms. The minimum Gasteiger partial charge on any atom is -0.358 e. The number of amides is 1. The van der Waals surface area contributed by atoms with E-state index < -0.39 is 0 Å². The molecule has 0 unspecified atom stereocenters. The summed E-state index contributed by atoms with van der Waals surface area (Å²) in [7, 11) is 0. The first-order chi connectivity index (χ1) is 12.6. The van der Waals surface area contributed by atoms with Crippen LogP contribution in [0.3, 0.4) is 0 Å². The van der Waals surface area contributed by atoms with Crippen molar-refractivity contribution in [3.05, 3.63) is 51.9 Å². The molecule has 6 heteroatoms. The van der Waals surface area contributed by atoms with Gasteiger partial charge in [-0.1, -0.05) is 19.4 Å². The highest BCUT2D eigenvalue weighted by Crippen LogP contribution is 2.21. The molecule has 0 fully saturated rings. The van der Waals surface area contributed by atoms with E-state index in [1.807, 2.05) is 17.9 Å². The second-order valence-corrected chi connectivity index (χ2v) is 6.17. The zero-order chi connectivity index (χ0) is 18.7. The Hall–Kier alpha value is -3.20. The van der Waals surface area contributed by atoms with E-state index in [0.29, 0.717) is 28.5 Å². The maximum absolute atomic E-state index is 12.7. The number of carbonyl (C=O) groups excluding carboxylic acids is 1. The summed E-state index contributed by atoms with van der Waals surface area (Å²) in [5, 5.41) is 10.2. The molecule has 0 aliphatic carbocycles. The van der Waals surface area contributed by atoms with E-state index in [1.54, 1.807) is 24.4 Å². The lowest BCUT2D eigenvalue weighted by Gasteiger charge is -2.20. The van der Waals surface area contributed by atoms with Crippen LogP contribution in [0.2, 0.25) is 0 Å². The van der Waals surface area contributed by atoms with Crippen molar-refractivity contribution in [3.8, 4) is 6.07 Å². The minimum atomic E-state index is -0.318. The summed E-state index contributed by atoms with van der Waals surface area (Å²) in [6, 6.07) is 7.11. The monoisotopic (exact) mass is 348 g/mol. The van der Waals surface area contributed by atoms with E-state index in [1.165, 1.54) is 6.20 Å². The maximum Gasteiger partial charge on any atom is 0.255 e. The molecule has 0 aliphatic heterocycles. The Labute approximate surface area is 151 Å². The summed E-state index contributed by atoms with van der Waals surface area (Å²) >= 11 is 0. The third-order valence-electron chi connectivity index (χ3n) is 4.52. The highest BCUT2D eigenvalue weighted by atomic mass is 16.2. The van der Waals surface area contributed by atoms with Crippen molar-refractivity contribution in [2.45, 2.75) is 26.7 Å². The first-order valence-electron chi connectivity index (χ1n) is 8.74. The number of nitrogens with one attached hydrogen (secondary N) is 1. The van der Waals surface area contributed by atoms with Gasteiger partial charge in [0.15, 0.2) is 0 Å². The molecule has 2 aromatic heterocycles. The zero-order valence-corrected chi connectivity index (χ0v) is 14.9. The molecule has 0 aliphatic rings. The number of rotatable bonds is 5. The van der Waals surface area contributed by atoms with E-state index in [-0.39, 0.29) is 16.9 Å². The van der Waals surface area contributed by atoms with Gasteiger partial charge in [-0.2, -0.15) is 5.26 Å². The lowest BCUT2D eigenvalue weighted by molar-refractivity contribution is 0.0762. The van der Waals surface area contributed by atoms with Crippen LogP contribution in [0.1, 0.15) is 42.6 Å². The highest BCUT2D eigenvalue weighted by Gasteiger charge is 2.16. The number of carbonyl (C=O) groups is 1. The number of benzene rings is 1. The molecular formula is C20H20N4O2. The fourth-order valence-electron chi connectivity index (χ4n) is 3.03. The number of aromatic nitrogens is 2. The number of H-pyrrole nitrogens is 1. The van der Waals surface area contributed by atoms with Gasteiger partial charge in [0.2, 0.25) is 5.43 Å². The molecule has 0 bridgehead atoms. The molecule has 6 nitrogen and oxygen atoms in total. The normalized spacial score (nSPS) is 10.8. The van der Waals surface area contributed by atoms with Crippen molar-refractivity contribution in [2.24, 2.45) is 0 Å². The first-order valence-corrected chi connectivity index (χ1v) is 8.74. The zero-order valence-electron chi connectivity index (χ0n) is 14.9. The van der Waals surface area contributed by atoms with Crippen LogP contribution in [0.4, 0.5) is 0 Å². The molecule has 3 rings (SSSR count). The van der Waals surface area contributed by atoms with Crippen LogP contribution in [0, 0.1) is 11.3 Å². The van der Waals surface area contributed by atoms with Gasteiger partial charge in [0.05, 0.1) is 16.6 Å². The van der Waals surface area contributed by atoms with Gasteiger partial charge in [0, 0.05) is 36.3 Å². The van der Waals surface area contributed by atoms with Gasteiger partial charge in [0.25, 0.3) is 5.91 Å². The largest absolute Gasteiger partial charge is 0.358 e. The first kappa shape index (κ1) is 17.6. The van der Waals surface area contributed by atoms with Gasteiger partial charge in [0.1, 0.15) is 11.6 Å². The van der Waals surface area contributed by atoms with Crippen LogP contribution in [0.5, 0.6) is 0 Å². The number of fused-ring (bicyclic) bond motifs is 3. The van der Waals surface area contributed by atoms with Gasteiger partial charge in [-0.05, 0) is 25.5 Å². The highest BCUT2D eigenvalue weighted by molar-refractivity contribution is 6.05. The lowest BCUT2D eigenvalue weighted by Crippen LogP contribution is -2.31. The number of pyridine rings is 2. The maximum atomic E-state index is 12.7. The van der Waals surface area contributed by atoms with Gasteiger partial charge in [-0.25, -0.2) is 0 Å². The van der Waals surface area contributed by atoms with E-state index in [4.69, 9.17) is 5.26 Å². The lowest BCUT2D eigenvalue weighted by atomic mass is 10.1. The van der Waals surface area contributed by atoms with Crippen LogP contribution in [-0.2, 0) is 0 Å². The van der Waals surface area contributed by atoms with Crippen LogP contribution in [0.15, 0.2) is 35.4 Å². The molecule has 0 saturated heterocycles. The minimum absolute atomic E-state index is 0.0382. The molecule has 2 heterocycles. The number of unbranched alkanes of at least 4 members (excludes halogenated alkanes) is 1. The number of aromatic amines is 1. The quantitative estimate of drug-likeness (QED) is 0.717. The third kappa shape index (κ3) is 3.04. The Kier molecular flexibility index (Phi) is 4.99. The van der Waals surface area contributed by atoms with E-state index in [2.05, 4.69) is 16.9 Å². The summed E-state index contributed by atoms with van der Waals surface area (Å²) in [5.74, 6) is -0.0382. The average Bonchev–Trinajstić information content (AvgIpc) is 2.68. The van der Waals surface area contributed by atoms with Crippen LogP contribution < -0.4 is 5.43 Å². The topological polar surface area (TPSA) is 89.8 Å². The smallest absolute Gasteiger partial charge is 0.255 e. The molecule has 1 N–H and O–H groups in total. The number of nitriles is 1. The summed E-state index contributed by atoms with van der Waals surface area (Å²) in [5.41, 5.74) is 1.46. The van der Waals surface area contributed by atoms with Crippen molar-refractivity contribution in [2.75, 3.05) is 13.1 Å². The standard InChI is InChI=1S/C20H20N4O2/c1-3-5-8-24(4-2)20(26)14-9-13-6-7-16-18(17(13)22-11-14)23-12-15(10-21)19(16)25/h6-7,9,11-12H,3-5,8H2,1-2H3,(H,23,25). The second-order valence-electron chi connectivity index (χ2n) is 6.17. The molecule has 3 aromatic rings. The molecule has 1 aromatic carbocycles. The summed E-state index contributed by atoms with van der Waals surface area (Å²) < 4.78 is 0. The fourth-order valence-corrected chi connectivity index (χ4v) is 3.03.